The van der Waals surface area contributed by atoms with Crippen LogP contribution in [0.1, 0.15) is 24.0 Å². The predicted molar refractivity (Wildman–Crippen MR) is 124 cm³/mol. The SMILES string of the molecule is CN1CCCN(CCC2=CCc3c2cccc3-c2ccncc2)CC12OC(=O)C=CC(=O)O2. The zero-order chi connectivity index (χ0) is 22.8. The molecule has 0 saturated carbocycles. The molecule has 0 radical (unpaired) electrons. The van der Waals surface area contributed by atoms with E-state index in [0.29, 0.717) is 13.1 Å². The summed E-state index contributed by atoms with van der Waals surface area (Å²) in [6.45, 7) is 2.60. The van der Waals surface area contributed by atoms with E-state index in [1.165, 1.54) is 27.8 Å². The van der Waals surface area contributed by atoms with Gasteiger partial charge in [0.05, 0.1) is 6.54 Å². The molecule has 0 unspecified atom stereocenters. The number of hydrogen-bond donors (Lipinski definition) is 0. The lowest BCUT2D eigenvalue weighted by molar-refractivity contribution is -0.278. The van der Waals surface area contributed by atoms with Crippen LogP contribution in [0.3, 0.4) is 0 Å². The summed E-state index contributed by atoms with van der Waals surface area (Å²) in [5, 5.41) is 0. The lowest BCUT2D eigenvalue weighted by Gasteiger charge is -2.38. The Labute approximate surface area is 193 Å². The van der Waals surface area contributed by atoms with Crippen LogP contribution >= 0.6 is 0 Å². The fourth-order valence-electron chi connectivity index (χ4n) is 4.89. The Morgan fingerprint density at radius 2 is 1.73 bits per heavy atom. The molecule has 3 heterocycles. The number of likely N-dealkylation sites (N-methyl/N-ethyl adjacent to an activating group) is 1. The minimum absolute atomic E-state index is 0.319. The van der Waals surface area contributed by atoms with Gasteiger partial charge in [0.1, 0.15) is 0 Å². The van der Waals surface area contributed by atoms with Gasteiger partial charge in [-0.05, 0) is 72.8 Å². The number of carbonyl (C=O) groups is 2. The highest BCUT2D eigenvalue weighted by atomic mass is 16.8. The Kier molecular flexibility index (Phi) is 5.83. The molecular formula is C26H27N3O4. The Hall–Kier alpha value is -3.29. The second kappa shape index (κ2) is 8.92. The monoisotopic (exact) mass is 445 g/mol. The molecule has 170 valence electrons. The van der Waals surface area contributed by atoms with E-state index in [4.69, 9.17) is 9.47 Å². The minimum Gasteiger partial charge on any atom is -0.404 e. The Balaban J connectivity index is 1.32. The molecule has 2 aliphatic heterocycles. The molecule has 2 aromatic rings. The van der Waals surface area contributed by atoms with Gasteiger partial charge in [-0.1, -0.05) is 24.3 Å². The van der Waals surface area contributed by atoms with Crippen molar-refractivity contribution >= 4 is 17.5 Å². The van der Waals surface area contributed by atoms with E-state index in [2.05, 4.69) is 34.2 Å². The van der Waals surface area contributed by atoms with E-state index in [1.807, 2.05) is 36.5 Å². The van der Waals surface area contributed by atoms with Gasteiger partial charge < -0.3 is 9.47 Å². The standard InChI is InChI=1S/C26H27N3O4/c1-28-15-3-16-29(18-26(28)32-24(30)8-9-25(31)33-26)17-12-19-6-7-23-21(19)4-2-5-22(23)20-10-13-27-14-11-20/h2,4-6,8-11,13-14H,3,7,12,15-18H2,1H3. The van der Waals surface area contributed by atoms with Crippen molar-refractivity contribution in [3.63, 3.8) is 0 Å². The zero-order valence-corrected chi connectivity index (χ0v) is 18.7. The van der Waals surface area contributed by atoms with Gasteiger partial charge in [-0.3, -0.25) is 9.88 Å². The van der Waals surface area contributed by atoms with Crippen LogP contribution in [0.5, 0.6) is 0 Å². The predicted octanol–water partition coefficient (Wildman–Crippen LogP) is 3.03. The lowest BCUT2D eigenvalue weighted by atomic mass is 9.95. The first-order chi connectivity index (χ1) is 16.0. The molecule has 7 nitrogen and oxygen atoms in total. The zero-order valence-electron chi connectivity index (χ0n) is 18.7. The number of hydrogen-bond acceptors (Lipinski definition) is 7. The fourth-order valence-corrected chi connectivity index (χ4v) is 4.89. The highest BCUT2D eigenvalue weighted by Gasteiger charge is 2.46. The van der Waals surface area contributed by atoms with Crippen LogP contribution in [0.25, 0.3) is 16.7 Å². The second-order valence-electron chi connectivity index (χ2n) is 8.69. The lowest BCUT2D eigenvalue weighted by Crippen LogP contribution is -2.57. The molecule has 1 aromatic carbocycles. The first kappa shape index (κ1) is 21.6. The topological polar surface area (TPSA) is 72.0 Å². The Morgan fingerprint density at radius 1 is 1.00 bits per heavy atom. The third-order valence-electron chi connectivity index (χ3n) is 6.61. The number of benzene rings is 1. The third kappa shape index (κ3) is 4.34. The maximum atomic E-state index is 12.1. The number of esters is 2. The van der Waals surface area contributed by atoms with Gasteiger partial charge >= 0.3 is 17.8 Å². The van der Waals surface area contributed by atoms with Gasteiger partial charge in [0.2, 0.25) is 0 Å². The molecule has 1 aromatic heterocycles. The van der Waals surface area contributed by atoms with E-state index in [1.54, 1.807) is 0 Å². The van der Waals surface area contributed by atoms with Gasteiger partial charge in [0.25, 0.3) is 0 Å². The minimum atomic E-state index is -1.40. The van der Waals surface area contributed by atoms with Crippen LogP contribution < -0.4 is 0 Å². The number of ether oxygens (including phenoxy) is 2. The number of fused-ring (bicyclic) bond motifs is 1. The molecule has 1 fully saturated rings. The largest absolute Gasteiger partial charge is 0.404 e. The van der Waals surface area contributed by atoms with Crippen molar-refractivity contribution in [2.45, 2.75) is 25.2 Å². The molecule has 1 saturated heterocycles. The molecular weight excluding hydrogens is 418 g/mol. The average Bonchev–Trinajstić information content (AvgIpc) is 3.10. The summed E-state index contributed by atoms with van der Waals surface area (Å²) < 4.78 is 11.2. The van der Waals surface area contributed by atoms with Crippen LogP contribution in [0.2, 0.25) is 0 Å². The maximum Gasteiger partial charge on any atom is 0.335 e. The smallest absolute Gasteiger partial charge is 0.335 e. The van der Waals surface area contributed by atoms with Gasteiger partial charge in [0, 0.05) is 37.6 Å². The van der Waals surface area contributed by atoms with Gasteiger partial charge in [0.15, 0.2) is 0 Å². The van der Waals surface area contributed by atoms with Crippen LogP contribution in [-0.2, 0) is 25.5 Å². The second-order valence-corrected chi connectivity index (χ2v) is 8.69. The van der Waals surface area contributed by atoms with E-state index in [9.17, 15) is 9.59 Å². The quantitative estimate of drug-likeness (QED) is 0.670. The maximum absolute atomic E-state index is 12.1. The van der Waals surface area contributed by atoms with Gasteiger partial charge in [-0.25, -0.2) is 14.5 Å². The van der Waals surface area contributed by atoms with Crippen molar-refractivity contribution in [1.82, 2.24) is 14.8 Å². The molecule has 0 atom stereocenters. The van der Waals surface area contributed by atoms with E-state index < -0.39 is 17.8 Å². The normalized spacial score (nSPS) is 20.6. The number of allylic oxidation sites excluding steroid dienone is 1. The molecule has 7 heteroatoms. The third-order valence-corrected chi connectivity index (χ3v) is 6.61. The van der Waals surface area contributed by atoms with Crippen molar-refractivity contribution in [2.75, 3.05) is 33.2 Å². The van der Waals surface area contributed by atoms with Crippen molar-refractivity contribution in [3.05, 3.63) is 72.1 Å². The summed E-state index contributed by atoms with van der Waals surface area (Å²) in [7, 11) is 1.83. The molecule has 1 spiro atoms. The van der Waals surface area contributed by atoms with E-state index >= 15 is 0 Å². The highest BCUT2D eigenvalue weighted by molar-refractivity contribution is 5.93. The number of rotatable bonds is 4. The fraction of sp³-hybridized carbons (Fsp3) is 0.346. The Morgan fingerprint density at radius 3 is 2.48 bits per heavy atom. The number of carbonyl (C=O) groups excluding carboxylic acids is 2. The molecule has 0 bridgehead atoms. The summed E-state index contributed by atoms with van der Waals surface area (Å²) in [5.74, 6) is -2.53. The Bertz CT molecular complexity index is 1110. The first-order valence-corrected chi connectivity index (χ1v) is 11.3. The summed E-state index contributed by atoms with van der Waals surface area (Å²) in [5.41, 5.74) is 6.40. The van der Waals surface area contributed by atoms with Crippen LogP contribution in [0, 0.1) is 0 Å². The van der Waals surface area contributed by atoms with Crippen molar-refractivity contribution in [1.29, 1.82) is 0 Å². The van der Waals surface area contributed by atoms with Gasteiger partial charge in [-0.2, -0.15) is 0 Å². The number of aromatic nitrogens is 1. The summed E-state index contributed by atoms with van der Waals surface area (Å²) in [6.07, 6.45) is 10.9. The summed E-state index contributed by atoms with van der Waals surface area (Å²) in [4.78, 5) is 32.4. The molecule has 33 heavy (non-hydrogen) atoms. The molecule has 0 N–H and O–H groups in total. The van der Waals surface area contributed by atoms with Crippen molar-refractivity contribution < 1.29 is 19.1 Å². The molecule has 5 rings (SSSR count). The van der Waals surface area contributed by atoms with Crippen molar-refractivity contribution in [2.24, 2.45) is 0 Å². The van der Waals surface area contributed by atoms with E-state index in [0.717, 1.165) is 44.5 Å². The van der Waals surface area contributed by atoms with E-state index in [-0.39, 0.29) is 0 Å². The first-order valence-electron chi connectivity index (χ1n) is 11.3. The van der Waals surface area contributed by atoms with Crippen molar-refractivity contribution in [3.8, 4) is 11.1 Å². The average molecular weight is 446 g/mol. The summed E-state index contributed by atoms with van der Waals surface area (Å²) in [6, 6.07) is 10.6. The number of pyridine rings is 1. The molecule has 3 aliphatic rings. The van der Waals surface area contributed by atoms with Crippen LogP contribution in [0.4, 0.5) is 0 Å². The highest BCUT2D eigenvalue weighted by Crippen LogP contribution is 2.37. The molecule has 1 aliphatic carbocycles. The van der Waals surface area contributed by atoms with Crippen LogP contribution in [-0.4, -0.2) is 65.9 Å². The summed E-state index contributed by atoms with van der Waals surface area (Å²) >= 11 is 0. The number of nitrogens with zero attached hydrogens (tertiary/aromatic N) is 3. The van der Waals surface area contributed by atoms with Gasteiger partial charge in [-0.15, -0.1) is 0 Å². The van der Waals surface area contributed by atoms with Crippen LogP contribution in [0.15, 0.2) is 61.0 Å². The molecule has 0 amide bonds.